The minimum Gasteiger partial charge on any atom is -0.368 e. The number of rotatable bonds is 5. The zero-order valence-electron chi connectivity index (χ0n) is 10.3. The Balaban J connectivity index is 2.97. The van der Waals surface area contributed by atoms with Crippen LogP contribution in [0.2, 0.25) is 5.02 Å². The largest absolute Gasteiger partial charge is 0.368 e. The zero-order chi connectivity index (χ0) is 12.1. The van der Waals surface area contributed by atoms with Gasteiger partial charge < -0.3 is 10.6 Å². The molecule has 0 heterocycles. The summed E-state index contributed by atoms with van der Waals surface area (Å²) in [5.41, 5.74) is 7.85. The summed E-state index contributed by atoms with van der Waals surface area (Å²) >= 11 is 6.30. The van der Waals surface area contributed by atoms with Gasteiger partial charge in [-0.3, -0.25) is 0 Å². The Labute approximate surface area is 103 Å². The van der Waals surface area contributed by atoms with Crippen LogP contribution in [0.3, 0.4) is 0 Å². The lowest BCUT2D eigenvalue weighted by Crippen LogP contribution is -2.30. The van der Waals surface area contributed by atoms with E-state index >= 15 is 0 Å². The Bertz CT molecular complexity index is 337. The molecular formula is C13H21ClN2. The molecule has 0 fully saturated rings. The van der Waals surface area contributed by atoms with Gasteiger partial charge in [-0.05, 0) is 51.4 Å². The van der Waals surface area contributed by atoms with Crippen LogP contribution in [0, 0.1) is 0 Å². The van der Waals surface area contributed by atoms with E-state index < -0.39 is 0 Å². The van der Waals surface area contributed by atoms with Crippen molar-refractivity contribution >= 4 is 17.3 Å². The van der Waals surface area contributed by atoms with Crippen LogP contribution >= 0.6 is 11.6 Å². The summed E-state index contributed by atoms with van der Waals surface area (Å²) in [4.78, 5) is 2.29. The molecule has 2 N–H and O–H groups in total. The fourth-order valence-corrected chi connectivity index (χ4v) is 2.23. The lowest BCUT2D eigenvalue weighted by molar-refractivity contribution is 0.703. The Kier molecular flexibility index (Phi) is 5.10. The number of nitrogens with two attached hydrogens (primary N) is 1. The Morgan fingerprint density at radius 2 is 2.06 bits per heavy atom. The van der Waals surface area contributed by atoms with E-state index in [2.05, 4.69) is 37.8 Å². The Hall–Kier alpha value is -0.730. The van der Waals surface area contributed by atoms with Crippen LogP contribution in [-0.2, 0) is 6.42 Å². The molecule has 1 aromatic rings. The van der Waals surface area contributed by atoms with Gasteiger partial charge in [0.15, 0.2) is 0 Å². The zero-order valence-corrected chi connectivity index (χ0v) is 11.1. The highest BCUT2D eigenvalue weighted by Gasteiger charge is 2.11. The molecule has 0 bridgehead atoms. The van der Waals surface area contributed by atoms with Crippen LogP contribution in [-0.4, -0.2) is 19.1 Å². The molecule has 0 spiro atoms. The number of nitrogens with zero attached hydrogens (tertiary/aromatic N) is 1. The van der Waals surface area contributed by atoms with Crippen molar-refractivity contribution in [3.8, 4) is 0 Å². The van der Waals surface area contributed by atoms with Gasteiger partial charge in [-0.1, -0.05) is 17.7 Å². The number of halogens is 1. The van der Waals surface area contributed by atoms with E-state index in [9.17, 15) is 0 Å². The molecule has 0 amide bonds. The van der Waals surface area contributed by atoms with Crippen LogP contribution in [0.15, 0.2) is 18.2 Å². The first-order valence-corrected chi connectivity index (χ1v) is 6.23. The van der Waals surface area contributed by atoms with Gasteiger partial charge in [0.25, 0.3) is 0 Å². The van der Waals surface area contributed by atoms with Gasteiger partial charge >= 0.3 is 0 Å². The van der Waals surface area contributed by atoms with Crippen molar-refractivity contribution in [2.75, 3.05) is 18.0 Å². The minimum absolute atomic E-state index is 0.461. The van der Waals surface area contributed by atoms with Crippen molar-refractivity contribution in [1.82, 2.24) is 0 Å². The van der Waals surface area contributed by atoms with Gasteiger partial charge in [-0.15, -0.1) is 0 Å². The van der Waals surface area contributed by atoms with Crippen molar-refractivity contribution in [2.24, 2.45) is 5.73 Å². The van der Waals surface area contributed by atoms with Gasteiger partial charge in [0.05, 0.1) is 10.7 Å². The lowest BCUT2D eigenvalue weighted by Gasteiger charge is -2.28. The second kappa shape index (κ2) is 6.12. The first-order chi connectivity index (χ1) is 7.60. The third-order valence-electron chi connectivity index (χ3n) is 2.72. The van der Waals surface area contributed by atoms with E-state index in [4.69, 9.17) is 17.3 Å². The third-order valence-corrected chi connectivity index (χ3v) is 3.02. The number of anilines is 1. The predicted molar refractivity (Wildman–Crippen MR) is 72.4 cm³/mol. The Morgan fingerprint density at radius 3 is 2.50 bits per heavy atom. The Morgan fingerprint density at radius 1 is 1.38 bits per heavy atom. The van der Waals surface area contributed by atoms with E-state index in [1.807, 2.05) is 6.07 Å². The van der Waals surface area contributed by atoms with Gasteiger partial charge in [-0.2, -0.15) is 0 Å². The summed E-state index contributed by atoms with van der Waals surface area (Å²) in [5, 5.41) is 0.821. The molecule has 0 unspecified atom stereocenters. The van der Waals surface area contributed by atoms with Gasteiger partial charge in [0, 0.05) is 12.6 Å². The SMILES string of the molecule is CCN(c1ccc(CCN)cc1Cl)C(C)C. The molecule has 0 aliphatic heterocycles. The van der Waals surface area contributed by atoms with E-state index in [1.54, 1.807) is 0 Å². The molecule has 16 heavy (non-hydrogen) atoms. The molecule has 0 saturated carbocycles. The van der Waals surface area contributed by atoms with E-state index in [1.165, 1.54) is 5.56 Å². The van der Waals surface area contributed by atoms with Crippen LogP contribution < -0.4 is 10.6 Å². The average molecular weight is 241 g/mol. The molecule has 1 aromatic carbocycles. The molecular weight excluding hydrogens is 220 g/mol. The quantitative estimate of drug-likeness (QED) is 0.857. The summed E-state index contributed by atoms with van der Waals surface area (Å²) in [5.74, 6) is 0. The lowest BCUT2D eigenvalue weighted by atomic mass is 10.1. The van der Waals surface area contributed by atoms with Gasteiger partial charge in [0.1, 0.15) is 0 Å². The van der Waals surface area contributed by atoms with Crippen molar-refractivity contribution in [3.05, 3.63) is 28.8 Å². The third kappa shape index (κ3) is 3.13. The summed E-state index contributed by atoms with van der Waals surface area (Å²) in [6.07, 6.45) is 0.883. The first kappa shape index (κ1) is 13.3. The highest BCUT2D eigenvalue weighted by atomic mass is 35.5. The van der Waals surface area contributed by atoms with E-state index in [0.29, 0.717) is 12.6 Å². The van der Waals surface area contributed by atoms with Crippen LogP contribution in [0.4, 0.5) is 5.69 Å². The predicted octanol–water partition coefficient (Wildman–Crippen LogP) is 3.08. The molecule has 0 aliphatic carbocycles. The monoisotopic (exact) mass is 240 g/mol. The topological polar surface area (TPSA) is 29.3 Å². The van der Waals surface area contributed by atoms with Crippen molar-refractivity contribution in [3.63, 3.8) is 0 Å². The summed E-state index contributed by atoms with van der Waals surface area (Å²) < 4.78 is 0. The maximum atomic E-state index is 6.30. The van der Waals surface area contributed by atoms with E-state index in [-0.39, 0.29) is 0 Å². The molecule has 1 rings (SSSR count). The molecule has 0 aliphatic rings. The average Bonchev–Trinajstić information content (AvgIpc) is 2.22. The molecule has 0 aromatic heterocycles. The second-order valence-electron chi connectivity index (χ2n) is 4.20. The highest BCUT2D eigenvalue weighted by Crippen LogP contribution is 2.28. The van der Waals surface area contributed by atoms with Crippen molar-refractivity contribution in [2.45, 2.75) is 33.2 Å². The summed E-state index contributed by atoms with van der Waals surface area (Å²) in [6, 6.07) is 6.69. The highest BCUT2D eigenvalue weighted by molar-refractivity contribution is 6.33. The minimum atomic E-state index is 0.461. The fourth-order valence-electron chi connectivity index (χ4n) is 1.92. The summed E-state index contributed by atoms with van der Waals surface area (Å²) in [7, 11) is 0. The second-order valence-corrected chi connectivity index (χ2v) is 4.61. The van der Waals surface area contributed by atoms with Crippen LogP contribution in [0.5, 0.6) is 0 Å². The van der Waals surface area contributed by atoms with Crippen LogP contribution in [0.25, 0.3) is 0 Å². The first-order valence-electron chi connectivity index (χ1n) is 5.85. The normalized spacial score (nSPS) is 10.9. The smallest absolute Gasteiger partial charge is 0.0642 e. The fraction of sp³-hybridized carbons (Fsp3) is 0.538. The number of benzene rings is 1. The van der Waals surface area contributed by atoms with Crippen LogP contribution in [0.1, 0.15) is 26.3 Å². The molecule has 0 saturated heterocycles. The summed E-state index contributed by atoms with van der Waals surface area (Å²) in [6.45, 7) is 8.12. The van der Waals surface area contributed by atoms with Gasteiger partial charge in [-0.25, -0.2) is 0 Å². The molecule has 2 nitrogen and oxygen atoms in total. The van der Waals surface area contributed by atoms with Gasteiger partial charge in [0.2, 0.25) is 0 Å². The number of hydrogen-bond acceptors (Lipinski definition) is 2. The van der Waals surface area contributed by atoms with E-state index in [0.717, 1.165) is 23.7 Å². The van der Waals surface area contributed by atoms with Crippen molar-refractivity contribution in [1.29, 1.82) is 0 Å². The number of hydrogen-bond donors (Lipinski definition) is 1. The maximum Gasteiger partial charge on any atom is 0.0642 e. The van der Waals surface area contributed by atoms with Crippen molar-refractivity contribution < 1.29 is 0 Å². The molecule has 3 heteroatoms. The molecule has 0 radical (unpaired) electrons. The molecule has 90 valence electrons. The maximum absolute atomic E-state index is 6.30. The standard InChI is InChI=1S/C13H21ClN2/c1-4-16(10(2)3)13-6-5-11(7-8-15)9-12(13)14/h5-6,9-10H,4,7-8,15H2,1-3H3. The molecule has 0 atom stereocenters.